The highest BCUT2D eigenvalue weighted by Crippen LogP contribution is 2.20. The summed E-state index contributed by atoms with van der Waals surface area (Å²) in [4.78, 5) is 23.0. The predicted molar refractivity (Wildman–Crippen MR) is 106 cm³/mol. The molecule has 2 rings (SSSR count). The SMILES string of the molecule is CC(C)NC(=O)[C@H](C)Oc1ccc(S(=O)(=O)Nc2ccc(C(N)=O)cc2)cc1. The van der Waals surface area contributed by atoms with Gasteiger partial charge in [-0.25, -0.2) is 8.42 Å². The van der Waals surface area contributed by atoms with Crippen LogP contribution in [0.3, 0.4) is 0 Å². The molecule has 8 nitrogen and oxygen atoms in total. The number of nitrogens with two attached hydrogens (primary N) is 1. The zero-order chi connectivity index (χ0) is 20.9. The standard InChI is InChI=1S/C19H23N3O5S/c1-12(2)21-19(24)13(3)27-16-8-10-17(11-9-16)28(25,26)22-15-6-4-14(5-7-15)18(20)23/h4-13,22H,1-3H3,(H2,20,23)(H,21,24)/t13-/m0/s1. The molecule has 150 valence electrons. The lowest BCUT2D eigenvalue weighted by Crippen LogP contribution is -2.40. The van der Waals surface area contributed by atoms with Crippen LogP contribution < -0.4 is 20.5 Å². The van der Waals surface area contributed by atoms with Crippen LogP contribution >= 0.6 is 0 Å². The molecule has 0 saturated heterocycles. The Balaban J connectivity index is 2.06. The van der Waals surface area contributed by atoms with E-state index in [-0.39, 0.29) is 22.4 Å². The molecule has 0 saturated carbocycles. The second kappa shape index (κ2) is 8.75. The maximum absolute atomic E-state index is 12.5. The van der Waals surface area contributed by atoms with E-state index in [1.807, 2.05) is 13.8 Å². The summed E-state index contributed by atoms with van der Waals surface area (Å²) in [6.07, 6.45) is -0.716. The largest absolute Gasteiger partial charge is 0.481 e. The minimum atomic E-state index is -3.82. The molecule has 0 bridgehead atoms. The number of ether oxygens (including phenoxy) is 1. The highest BCUT2D eigenvalue weighted by Gasteiger charge is 2.17. The number of carbonyl (C=O) groups is 2. The van der Waals surface area contributed by atoms with E-state index in [1.165, 1.54) is 48.5 Å². The van der Waals surface area contributed by atoms with Crippen molar-refractivity contribution >= 4 is 27.5 Å². The van der Waals surface area contributed by atoms with Crippen LogP contribution in [0.2, 0.25) is 0 Å². The van der Waals surface area contributed by atoms with Crippen LogP contribution in [0.15, 0.2) is 53.4 Å². The van der Waals surface area contributed by atoms with Gasteiger partial charge in [-0.05, 0) is 69.3 Å². The topological polar surface area (TPSA) is 128 Å². The van der Waals surface area contributed by atoms with Crippen molar-refractivity contribution < 1.29 is 22.7 Å². The number of rotatable bonds is 8. The van der Waals surface area contributed by atoms with Crippen LogP contribution in [-0.2, 0) is 14.8 Å². The summed E-state index contributed by atoms with van der Waals surface area (Å²) in [7, 11) is -3.82. The number of anilines is 1. The molecule has 0 aromatic heterocycles. The Labute approximate surface area is 164 Å². The number of sulfonamides is 1. The van der Waals surface area contributed by atoms with Crippen molar-refractivity contribution in [2.45, 2.75) is 37.8 Å². The van der Waals surface area contributed by atoms with Gasteiger partial charge in [0.1, 0.15) is 5.75 Å². The third-order valence-electron chi connectivity index (χ3n) is 3.67. The van der Waals surface area contributed by atoms with Gasteiger partial charge in [0.05, 0.1) is 4.90 Å². The van der Waals surface area contributed by atoms with Gasteiger partial charge >= 0.3 is 0 Å². The molecule has 0 heterocycles. The van der Waals surface area contributed by atoms with E-state index in [9.17, 15) is 18.0 Å². The molecular weight excluding hydrogens is 382 g/mol. The van der Waals surface area contributed by atoms with E-state index < -0.39 is 22.0 Å². The molecule has 2 aromatic rings. The van der Waals surface area contributed by atoms with E-state index >= 15 is 0 Å². The molecule has 4 N–H and O–H groups in total. The van der Waals surface area contributed by atoms with Crippen molar-refractivity contribution in [2.75, 3.05) is 4.72 Å². The average Bonchev–Trinajstić information content (AvgIpc) is 2.61. The first kappa shape index (κ1) is 21.2. The van der Waals surface area contributed by atoms with Crippen LogP contribution in [0.1, 0.15) is 31.1 Å². The molecule has 9 heteroatoms. The van der Waals surface area contributed by atoms with Gasteiger partial charge in [0.25, 0.3) is 15.9 Å². The van der Waals surface area contributed by atoms with Crippen molar-refractivity contribution in [3.8, 4) is 5.75 Å². The maximum atomic E-state index is 12.5. The Morgan fingerprint density at radius 1 is 0.964 bits per heavy atom. The van der Waals surface area contributed by atoms with Gasteiger partial charge in [0.15, 0.2) is 6.10 Å². The van der Waals surface area contributed by atoms with E-state index in [1.54, 1.807) is 6.92 Å². The third kappa shape index (κ3) is 5.71. The zero-order valence-electron chi connectivity index (χ0n) is 15.8. The van der Waals surface area contributed by atoms with Crippen molar-refractivity contribution in [3.05, 3.63) is 54.1 Å². The zero-order valence-corrected chi connectivity index (χ0v) is 16.6. The average molecular weight is 405 g/mol. The first-order chi connectivity index (χ1) is 13.1. The van der Waals surface area contributed by atoms with Crippen LogP contribution in [0.4, 0.5) is 5.69 Å². The van der Waals surface area contributed by atoms with E-state index in [2.05, 4.69) is 10.0 Å². The Hall–Kier alpha value is -3.07. The van der Waals surface area contributed by atoms with E-state index in [0.717, 1.165) is 0 Å². The number of benzene rings is 2. The van der Waals surface area contributed by atoms with Crippen molar-refractivity contribution in [3.63, 3.8) is 0 Å². The summed E-state index contributed by atoms with van der Waals surface area (Å²) < 4.78 is 32.9. The molecule has 0 aliphatic carbocycles. The third-order valence-corrected chi connectivity index (χ3v) is 5.07. The van der Waals surface area contributed by atoms with E-state index in [0.29, 0.717) is 11.4 Å². The summed E-state index contributed by atoms with van der Waals surface area (Å²) in [5, 5.41) is 2.74. The number of amides is 2. The normalized spacial score (nSPS) is 12.3. The van der Waals surface area contributed by atoms with Gasteiger partial charge in [-0.1, -0.05) is 0 Å². The molecule has 1 atom stereocenters. The summed E-state index contributed by atoms with van der Waals surface area (Å²) in [5.41, 5.74) is 5.73. The number of carbonyl (C=O) groups excluding carboxylic acids is 2. The summed E-state index contributed by atoms with van der Waals surface area (Å²) in [5.74, 6) is -0.481. The Kier molecular flexibility index (Phi) is 6.63. The van der Waals surface area contributed by atoms with Crippen molar-refractivity contribution in [1.82, 2.24) is 5.32 Å². The number of hydrogen-bond donors (Lipinski definition) is 3. The van der Waals surface area contributed by atoms with E-state index in [4.69, 9.17) is 10.5 Å². The Bertz CT molecular complexity index is 939. The summed E-state index contributed by atoms with van der Waals surface area (Å²) >= 11 is 0. The van der Waals surface area contributed by atoms with Gasteiger partial charge < -0.3 is 15.8 Å². The minimum absolute atomic E-state index is 0.00539. The molecule has 2 amide bonds. The number of nitrogens with one attached hydrogen (secondary N) is 2. The van der Waals surface area contributed by atoms with Crippen molar-refractivity contribution in [2.24, 2.45) is 5.73 Å². The summed E-state index contributed by atoms with van der Waals surface area (Å²) in [6, 6.07) is 11.5. The minimum Gasteiger partial charge on any atom is -0.481 e. The van der Waals surface area contributed by atoms with Crippen LogP contribution in [0, 0.1) is 0 Å². The van der Waals surface area contributed by atoms with Crippen LogP contribution in [-0.4, -0.2) is 32.4 Å². The molecule has 0 spiro atoms. The number of primary amides is 1. The molecule has 0 fully saturated rings. The monoisotopic (exact) mass is 405 g/mol. The smallest absolute Gasteiger partial charge is 0.261 e. The van der Waals surface area contributed by atoms with Gasteiger partial charge in [0, 0.05) is 17.3 Å². The highest BCUT2D eigenvalue weighted by molar-refractivity contribution is 7.92. The molecule has 28 heavy (non-hydrogen) atoms. The lowest BCUT2D eigenvalue weighted by atomic mass is 10.2. The molecule has 0 aliphatic rings. The second-order valence-electron chi connectivity index (χ2n) is 6.44. The first-order valence-electron chi connectivity index (χ1n) is 8.58. The Morgan fingerprint density at radius 2 is 1.54 bits per heavy atom. The van der Waals surface area contributed by atoms with Crippen LogP contribution in [0.25, 0.3) is 0 Å². The molecule has 0 radical (unpaired) electrons. The molecule has 0 unspecified atom stereocenters. The fourth-order valence-corrected chi connectivity index (χ4v) is 3.33. The maximum Gasteiger partial charge on any atom is 0.261 e. The number of hydrogen-bond acceptors (Lipinski definition) is 5. The van der Waals surface area contributed by atoms with Gasteiger partial charge in [-0.15, -0.1) is 0 Å². The summed E-state index contributed by atoms with van der Waals surface area (Å²) in [6.45, 7) is 5.30. The van der Waals surface area contributed by atoms with Gasteiger partial charge in [-0.2, -0.15) is 0 Å². The fraction of sp³-hybridized carbons (Fsp3) is 0.263. The lowest BCUT2D eigenvalue weighted by molar-refractivity contribution is -0.127. The highest BCUT2D eigenvalue weighted by atomic mass is 32.2. The lowest BCUT2D eigenvalue weighted by Gasteiger charge is -2.16. The van der Waals surface area contributed by atoms with Gasteiger partial charge in [0.2, 0.25) is 5.91 Å². The van der Waals surface area contributed by atoms with Crippen molar-refractivity contribution in [1.29, 1.82) is 0 Å². The fourth-order valence-electron chi connectivity index (χ4n) is 2.27. The molecular formula is C19H23N3O5S. The van der Waals surface area contributed by atoms with Gasteiger partial charge in [-0.3, -0.25) is 14.3 Å². The molecule has 0 aliphatic heterocycles. The molecule has 2 aromatic carbocycles. The predicted octanol–water partition coefficient (Wildman–Crippen LogP) is 1.88. The Morgan fingerprint density at radius 3 is 2.04 bits per heavy atom. The quantitative estimate of drug-likeness (QED) is 0.618. The first-order valence-corrected chi connectivity index (χ1v) is 10.1. The van der Waals surface area contributed by atoms with Crippen LogP contribution in [0.5, 0.6) is 5.75 Å². The second-order valence-corrected chi connectivity index (χ2v) is 8.12.